The minimum Gasteiger partial charge on any atom is -0.508 e. The van der Waals surface area contributed by atoms with E-state index >= 15 is 0 Å². The average molecular weight is 515 g/mol. The quantitative estimate of drug-likeness (QED) is 0.406. The molecule has 4 N–H and O–H groups in total. The summed E-state index contributed by atoms with van der Waals surface area (Å²) in [5, 5.41) is 43.0. The second kappa shape index (κ2) is 10.2. The van der Waals surface area contributed by atoms with Crippen molar-refractivity contribution in [2.75, 3.05) is 0 Å². The van der Waals surface area contributed by atoms with E-state index in [0.717, 1.165) is 50.5 Å². The molecule has 4 aliphatic rings. The zero-order valence-corrected chi connectivity index (χ0v) is 22.7. The number of esters is 1. The van der Waals surface area contributed by atoms with Crippen LogP contribution in [0.5, 0.6) is 5.75 Å². The van der Waals surface area contributed by atoms with Crippen LogP contribution in [0.3, 0.4) is 0 Å². The molecule has 0 radical (unpaired) electrons. The molecule has 1 aromatic carbocycles. The maximum atomic E-state index is 12.5. The Hall–Kier alpha value is -1.63. The molecule has 4 fully saturated rings. The maximum Gasteiger partial charge on any atom is 0.306 e. The molecule has 0 amide bonds. The molecule has 206 valence electrons. The van der Waals surface area contributed by atoms with Crippen LogP contribution in [0.2, 0.25) is 0 Å². The number of benzene rings is 1. The number of aromatic hydroxyl groups is 1. The molecule has 6 heteroatoms. The summed E-state index contributed by atoms with van der Waals surface area (Å²) in [5.41, 5.74) is 0.584. The number of hydrogen-bond acceptors (Lipinski definition) is 6. The first-order chi connectivity index (χ1) is 17.5. The Morgan fingerprint density at radius 1 is 1.08 bits per heavy atom. The summed E-state index contributed by atoms with van der Waals surface area (Å²) in [6.45, 7) is 6.97. The molecule has 37 heavy (non-hydrogen) atoms. The van der Waals surface area contributed by atoms with Crippen molar-refractivity contribution in [3.05, 3.63) is 29.8 Å². The van der Waals surface area contributed by atoms with E-state index in [9.17, 15) is 25.2 Å². The molecule has 0 aromatic heterocycles. The number of rotatable bonds is 6. The van der Waals surface area contributed by atoms with Crippen molar-refractivity contribution in [3.8, 4) is 5.75 Å². The first kappa shape index (κ1) is 27.0. The Morgan fingerprint density at radius 2 is 1.86 bits per heavy atom. The molecule has 1 aromatic rings. The van der Waals surface area contributed by atoms with Crippen LogP contribution < -0.4 is 0 Å². The molecule has 0 saturated heterocycles. The largest absolute Gasteiger partial charge is 0.508 e. The number of carbonyl (C=O) groups excluding carboxylic acids is 1. The summed E-state index contributed by atoms with van der Waals surface area (Å²) >= 11 is 0. The lowest BCUT2D eigenvalue weighted by Gasteiger charge is -2.63. The summed E-state index contributed by atoms with van der Waals surface area (Å²) in [6.07, 6.45) is 6.12. The standard InChI is InChI=1S/C31H46O6/c1-18(7-10-28(36)37-17-19-5-4-6-21(32)13-19)23-8-9-24-29-25(16-27(35)31(23,24)3)30(2)12-11-22(33)14-20(30)15-26(29)34/h4-6,13,18,20,22-27,29,32-35H,7-12,14-17H2,1-3H3/t18-,20+,22-,23-,24+,25+,26-,27+,29+,30+,31-/m1/s1. The van der Waals surface area contributed by atoms with Gasteiger partial charge in [-0.05, 0) is 115 Å². The van der Waals surface area contributed by atoms with Gasteiger partial charge in [0.15, 0.2) is 0 Å². The first-order valence-electron chi connectivity index (χ1n) is 14.5. The molecule has 11 atom stereocenters. The van der Waals surface area contributed by atoms with E-state index in [4.69, 9.17) is 4.74 Å². The fraction of sp³-hybridized carbons (Fsp3) is 0.774. The number of ether oxygens (including phenoxy) is 1. The van der Waals surface area contributed by atoms with Gasteiger partial charge in [-0.3, -0.25) is 4.79 Å². The van der Waals surface area contributed by atoms with E-state index in [1.54, 1.807) is 18.2 Å². The molecular formula is C31H46O6. The fourth-order valence-corrected chi connectivity index (χ4v) is 9.56. The van der Waals surface area contributed by atoms with Crippen LogP contribution in [0.15, 0.2) is 24.3 Å². The highest BCUT2D eigenvalue weighted by molar-refractivity contribution is 5.69. The lowest BCUT2D eigenvalue weighted by atomic mass is 9.43. The third-order valence-electron chi connectivity index (χ3n) is 11.6. The summed E-state index contributed by atoms with van der Waals surface area (Å²) in [6, 6.07) is 6.75. The smallest absolute Gasteiger partial charge is 0.306 e. The minimum atomic E-state index is -0.416. The lowest BCUT2D eigenvalue weighted by molar-refractivity contribution is -0.207. The van der Waals surface area contributed by atoms with Crippen LogP contribution >= 0.6 is 0 Å². The number of fused-ring (bicyclic) bond motifs is 5. The van der Waals surface area contributed by atoms with Gasteiger partial charge in [0.25, 0.3) is 0 Å². The van der Waals surface area contributed by atoms with Crippen molar-refractivity contribution in [1.82, 2.24) is 0 Å². The summed E-state index contributed by atoms with van der Waals surface area (Å²) < 4.78 is 5.45. The number of aliphatic hydroxyl groups is 3. The predicted molar refractivity (Wildman–Crippen MR) is 140 cm³/mol. The fourth-order valence-electron chi connectivity index (χ4n) is 9.56. The van der Waals surface area contributed by atoms with E-state index in [1.807, 2.05) is 6.07 Å². The predicted octanol–water partition coefficient (Wildman–Crippen LogP) is 4.81. The van der Waals surface area contributed by atoms with E-state index in [1.165, 1.54) is 0 Å². The molecule has 0 bridgehead atoms. The highest BCUT2D eigenvalue weighted by atomic mass is 16.5. The minimum absolute atomic E-state index is 0.0778. The summed E-state index contributed by atoms with van der Waals surface area (Å²) in [5.74, 6) is 1.60. The van der Waals surface area contributed by atoms with Gasteiger partial charge in [-0.1, -0.05) is 32.9 Å². The Labute approximate surface area is 221 Å². The summed E-state index contributed by atoms with van der Waals surface area (Å²) in [4.78, 5) is 12.5. The highest BCUT2D eigenvalue weighted by Gasteiger charge is 2.65. The topological polar surface area (TPSA) is 107 Å². The zero-order chi connectivity index (χ0) is 26.5. The third-order valence-corrected chi connectivity index (χ3v) is 11.6. The Balaban J connectivity index is 1.24. The Kier molecular flexibility index (Phi) is 7.40. The van der Waals surface area contributed by atoms with E-state index in [0.29, 0.717) is 30.6 Å². The average Bonchev–Trinajstić information content (AvgIpc) is 3.21. The maximum absolute atomic E-state index is 12.5. The number of hydrogen-bond donors (Lipinski definition) is 4. The normalized spacial score (nSPS) is 43.8. The number of carbonyl (C=O) groups is 1. The number of phenols is 1. The third kappa shape index (κ3) is 4.72. The highest BCUT2D eigenvalue weighted by Crippen LogP contribution is 2.68. The van der Waals surface area contributed by atoms with Gasteiger partial charge in [0, 0.05) is 6.42 Å². The van der Waals surface area contributed by atoms with Crippen LogP contribution in [0.4, 0.5) is 0 Å². The van der Waals surface area contributed by atoms with Crippen LogP contribution in [0, 0.1) is 46.3 Å². The second-order valence-corrected chi connectivity index (χ2v) is 13.4. The molecule has 4 aliphatic carbocycles. The number of phenolic OH excluding ortho intramolecular Hbond substituents is 1. The van der Waals surface area contributed by atoms with E-state index < -0.39 is 6.10 Å². The van der Waals surface area contributed by atoms with Crippen molar-refractivity contribution in [3.63, 3.8) is 0 Å². The molecule has 5 rings (SSSR count). The van der Waals surface area contributed by atoms with Crippen LogP contribution in [0.25, 0.3) is 0 Å². The van der Waals surface area contributed by atoms with Gasteiger partial charge in [-0.25, -0.2) is 0 Å². The monoisotopic (exact) mass is 514 g/mol. The molecule has 0 heterocycles. The summed E-state index contributed by atoms with van der Waals surface area (Å²) in [7, 11) is 0. The van der Waals surface area contributed by atoms with Gasteiger partial charge in [0.2, 0.25) is 0 Å². The van der Waals surface area contributed by atoms with Crippen LogP contribution in [-0.4, -0.2) is 44.7 Å². The molecule has 0 aliphatic heterocycles. The van der Waals surface area contributed by atoms with Crippen LogP contribution in [-0.2, 0) is 16.1 Å². The lowest BCUT2D eigenvalue weighted by Crippen LogP contribution is -2.62. The SMILES string of the molecule is C[C@H](CCC(=O)OCc1cccc(O)c1)[C@H]1CC[C@H]2[C@@H]3[C@H](O)C[C@@H]4C[C@H](O)CC[C@]4(C)[C@H]3C[C@H](O)[C@]12C. The Bertz CT molecular complexity index is 980. The molecule has 6 nitrogen and oxygen atoms in total. The van der Waals surface area contributed by atoms with Gasteiger partial charge in [0.1, 0.15) is 12.4 Å². The van der Waals surface area contributed by atoms with Crippen molar-refractivity contribution >= 4 is 5.97 Å². The molecule has 0 unspecified atom stereocenters. The van der Waals surface area contributed by atoms with Crippen molar-refractivity contribution in [2.24, 2.45) is 46.3 Å². The van der Waals surface area contributed by atoms with Crippen LogP contribution in [0.1, 0.15) is 84.1 Å². The second-order valence-electron chi connectivity index (χ2n) is 13.4. The Morgan fingerprint density at radius 3 is 2.62 bits per heavy atom. The van der Waals surface area contributed by atoms with E-state index in [2.05, 4.69) is 20.8 Å². The zero-order valence-electron chi connectivity index (χ0n) is 22.7. The molecular weight excluding hydrogens is 468 g/mol. The van der Waals surface area contributed by atoms with Gasteiger partial charge < -0.3 is 25.2 Å². The first-order valence-corrected chi connectivity index (χ1v) is 14.5. The van der Waals surface area contributed by atoms with Crippen molar-refractivity contribution < 1.29 is 30.0 Å². The van der Waals surface area contributed by atoms with Crippen molar-refractivity contribution in [1.29, 1.82) is 0 Å². The van der Waals surface area contributed by atoms with Crippen molar-refractivity contribution in [2.45, 2.75) is 103 Å². The van der Waals surface area contributed by atoms with Gasteiger partial charge in [-0.2, -0.15) is 0 Å². The van der Waals surface area contributed by atoms with Gasteiger partial charge >= 0.3 is 5.97 Å². The van der Waals surface area contributed by atoms with E-state index in [-0.39, 0.29) is 59.1 Å². The molecule has 4 saturated carbocycles. The molecule has 0 spiro atoms. The van der Waals surface area contributed by atoms with Gasteiger partial charge in [0.05, 0.1) is 18.3 Å². The number of aliphatic hydroxyl groups excluding tert-OH is 3. The van der Waals surface area contributed by atoms with Gasteiger partial charge in [-0.15, -0.1) is 0 Å².